The molecule has 0 aliphatic heterocycles. The van der Waals surface area contributed by atoms with Crippen LogP contribution in [-0.2, 0) is 0 Å². The Kier molecular flexibility index (Phi) is 4.60. The zero-order valence-corrected chi connectivity index (χ0v) is 12.1. The first-order valence-corrected chi connectivity index (χ1v) is 7.02. The van der Waals surface area contributed by atoms with Gasteiger partial charge in [0.1, 0.15) is 0 Å². The Morgan fingerprint density at radius 2 is 2.40 bits per heavy atom. The molecule has 110 valence electrons. The van der Waals surface area contributed by atoms with E-state index in [0.717, 1.165) is 25.7 Å². The molecular weight excluding hydrogens is 256 g/mol. The molecule has 1 heterocycles. The van der Waals surface area contributed by atoms with E-state index in [1.165, 1.54) is 13.3 Å². The van der Waals surface area contributed by atoms with Gasteiger partial charge in [-0.25, -0.2) is 4.98 Å². The monoisotopic (exact) mass is 278 g/mol. The maximum absolute atomic E-state index is 12.3. The Bertz CT molecular complexity index is 461. The van der Waals surface area contributed by atoms with Gasteiger partial charge in [0, 0.05) is 12.3 Å². The van der Waals surface area contributed by atoms with Gasteiger partial charge >= 0.3 is 0 Å². The second-order valence-corrected chi connectivity index (χ2v) is 5.68. The number of amides is 1. The lowest BCUT2D eigenvalue weighted by atomic mass is 9.76. The predicted molar refractivity (Wildman–Crippen MR) is 75.7 cm³/mol. The molecule has 1 aliphatic rings. The van der Waals surface area contributed by atoms with Crippen molar-refractivity contribution in [3.8, 4) is 5.88 Å². The molecule has 5 nitrogen and oxygen atoms in total. The number of hydrogen-bond donors (Lipinski definition) is 2. The van der Waals surface area contributed by atoms with E-state index in [0.29, 0.717) is 17.4 Å². The molecule has 1 saturated carbocycles. The number of aliphatic hydroxyl groups excluding tert-OH is 1. The number of aliphatic hydroxyl groups is 1. The fourth-order valence-electron chi connectivity index (χ4n) is 2.91. The highest BCUT2D eigenvalue weighted by Gasteiger charge is 2.35. The molecular formula is C15H22N2O3. The van der Waals surface area contributed by atoms with Crippen molar-refractivity contribution in [1.82, 2.24) is 10.3 Å². The summed E-state index contributed by atoms with van der Waals surface area (Å²) in [5.41, 5.74) is -0.00820. The number of carbonyl (C=O) groups is 1. The van der Waals surface area contributed by atoms with Crippen molar-refractivity contribution in [2.24, 2.45) is 5.92 Å². The number of nitrogens with zero attached hydrogens (tertiary/aromatic N) is 1. The molecule has 2 unspecified atom stereocenters. The van der Waals surface area contributed by atoms with Crippen molar-refractivity contribution in [3.05, 3.63) is 23.9 Å². The van der Waals surface area contributed by atoms with Crippen LogP contribution in [0.1, 0.15) is 43.0 Å². The van der Waals surface area contributed by atoms with Gasteiger partial charge in [0.25, 0.3) is 5.91 Å². The quantitative estimate of drug-likeness (QED) is 0.880. The van der Waals surface area contributed by atoms with Crippen LogP contribution in [0.15, 0.2) is 18.3 Å². The molecule has 0 saturated heterocycles. The number of nitrogens with one attached hydrogen (secondary N) is 1. The second-order valence-electron chi connectivity index (χ2n) is 5.68. The lowest BCUT2D eigenvalue weighted by molar-refractivity contribution is 0.0696. The van der Waals surface area contributed by atoms with Crippen LogP contribution in [-0.4, -0.2) is 35.3 Å². The van der Waals surface area contributed by atoms with E-state index in [2.05, 4.69) is 17.2 Å². The van der Waals surface area contributed by atoms with Gasteiger partial charge in [-0.2, -0.15) is 0 Å². The van der Waals surface area contributed by atoms with Crippen LogP contribution < -0.4 is 10.1 Å². The number of hydrogen-bond acceptors (Lipinski definition) is 4. The van der Waals surface area contributed by atoms with Crippen molar-refractivity contribution in [2.75, 3.05) is 13.7 Å². The van der Waals surface area contributed by atoms with E-state index < -0.39 is 5.54 Å². The molecule has 1 fully saturated rings. The van der Waals surface area contributed by atoms with E-state index in [1.807, 2.05) is 0 Å². The van der Waals surface area contributed by atoms with Crippen LogP contribution in [0, 0.1) is 5.92 Å². The molecule has 5 heteroatoms. The molecule has 1 amide bonds. The molecule has 1 aromatic rings. The Balaban J connectivity index is 2.08. The number of rotatable bonds is 4. The summed E-state index contributed by atoms with van der Waals surface area (Å²) >= 11 is 0. The van der Waals surface area contributed by atoms with Gasteiger partial charge in [-0.1, -0.05) is 19.8 Å². The highest BCUT2D eigenvalue weighted by atomic mass is 16.5. The molecule has 1 aromatic heterocycles. The first-order chi connectivity index (χ1) is 9.58. The van der Waals surface area contributed by atoms with E-state index in [-0.39, 0.29) is 12.5 Å². The summed E-state index contributed by atoms with van der Waals surface area (Å²) in [4.78, 5) is 16.3. The summed E-state index contributed by atoms with van der Waals surface area (Å²) in [6, 6.07) is 3.34. The third-order valence-electron chi connectivity index (χ3n) is 3.98. The van der Waals surface area contributed by atoms with Gasteiger partial charge in [-0.05, 0) is 24.8 Å². The van der Waals surface area contributed by atoms with E-state index in [9.17, 15) is 9.90 Å². The predicted octanol–water partition coefficient (Wildman–Crippen LogP) is 1.76. The van der Waals surface area contributed by atoms with Crippen LogP contribution in [0.4, 0.5) is 0 Å². The molecule has 2 atom stereocenters. The smallest absolute Gasteiger partial charge is 0.253 e. The second kappa shape index (κ2) is 6.22. The number of aromatic nitrogens is 1. The third kappa shape index (κ3) is 3.28. The van der Waals surface area contributed by atoms with Gasteiger partial charge in [0.05, 0.1) is 24.8 Å². The van der Waals surface area contributed by atoms with E-state index >= 15 is 0 Å². The molecule has 0 aromatic carbocycles. The topological polar surface area (TPSA) is 71.5 Å². The fourth-order valence-corrected chi connectivity index (χ4v) is 2.91. The lowest BCUT2D eigenvalue weighted by Gasteiger charge is -2.39. The number of pyridine rings is 1. The van der Waals surface area contributed by atoms with Crippen molar-refractivity contribution in [3.63, 3.8) is 0 Å². The van der Waals surface area contributed by atoms with Crippen LogP contribution in [0.5, 0.6) is 5.88 Å². The van der Waals surface area contributed by atoms with Gasteiger partial charge in [0.2, 0.25) is 5.88 Å². The zero-order valence-electron chi connectivity index (χ0n) is 12.1. The van der Waals surface area contributed by atoms with Crippen LogP contribution in [0.25, 0.3) is 0 Å². The summed E-state index contributed by atoms with van der Waals surface area (Å²) in [6.07, 6.45) is 5.32. The molecule has 0 bridgehead atoms. The molecule has 2 N–H and O–H groups in total. The minimum Gasteiger partial charge on any atom is -0.481 e. The molecule has 2 rings (SSSR count). The van der Waals surface area contributed by atoms with Crippen molar-refractivity contribution >= 4 is 5.91 Å². The summed E-state index contributed by atoms with van der Waals surface area (Å²) in [7, 11) is 1.53. The van der Waals surface area contributed by atoms with E-state index in [1.54, 1.807) is 12.1 Å². The van der Waals surface area contributed by atoms with E-state index in [4.69, 9.17) is 4.74 Å². The van der Waals surface area contributed by atoms with Crippen LogP contribution in [0.2, 0.25) is 0 Å². The largest absolute Gasteiger partial charge is 0.481 e. The van der Waals surface area contributed by atoms with Crippen molar-refractivity contribution in [1.29, 1.82) is 0 Å². The minimum atomic E-state index is -0.491. The fraction of sp³-hybridized carbons (Fsp3) is 0.600. The Hall–Kier alpha value is -1.62. The van der Waals surface area contributed by atoms with Gasteiger partial charge in [-0.15, -0.1) is 0 Å². The summed E-state index contributed by atoms with van der Waals surface area (Å²) in [5.74, 6) is 0.804. The Morgan fingerprint density at radius 3 is 2.95 bits per heavy atom. The molecule has 0 radical (unpaired) electrons. The van der Waals surface area contributed by atoms with Gasteiger partial charge in [-0.3, -0.25) is 4.79 Å². The standard InChI is InChI=1S/C15H22N2O3/c1-11-4-3-7-15(8-11,10-18)17-14(19)12-5-6-13(20-2)16-9-12/h5-6,9,11,18H,3-4,7-8,10H2,1-2H3,(H,17,19). The van der Waals surface area contributed by atoms with Crippen LogP contribution >= 0.6 is 0 Å². The highest BCUT2D eigenvalue weighted by molar-refractivity contribution is 5.94. The Labute approximate surface area is 119 Å². The molecule has 0 spiro atoms. The summed E-state index contributed by atoms with van der Waals surface area (Å²) in [5, 5.41) is 12.7. The van der Waals surface area contributed by atoms with Crippen molar-refractivity contribution in [2.45, 2.75) is 38.1 Å². The number of carbonyl (C=O) groups excluding carboxylic acids is 1. The summed E-state index contributed by atoms with van der Waals surface area (Å²) in [6.45, 7) is 2.14. The average molecular weight is 278 g/mol. The zero-order chi connectivity index (χ0) is 14.6. The third-order valence-corrected chi connectivity index (χ3v) is 3.98. The normalized spacial score (nSPS) is 26.1. The Morgan fingerprint density at radius 1 is 1.60 bits per heavy atom. The first-order valence-electron chi connectivity index (χ1n) is 7.02. The summed E-state index contributed by atoms with van der Waals surface area (Å²) < 4.78 is 4.97. The molecule has 20 heavy (non-hydrogen) atoms. The maximum Gasteiger partial charge on any atom is 0.253 e. The maximum atomic E-state index is 12.3. The molecule has 1 aliphatic carbocycles. The highest BCUT2D eigenvalue weighted by Crippen LogP contribution is 2.32. The van der Waals surface area contributed by atoms with Crippen LogP contribution in [0.3, 0.4) is 0 Å². The number of ether oxygens (including phenoxy) is 1. The lowest BCUT2D eigenvalue weighted by Crippen LogP contribution is -2.53. The average Bonchev–Trinajstić information content (AvgIpc) is 2.47. The minimum absolute atomic E-state index is 0.0212. The number of methoxy groups -OCH3 is 1. The van der Waals surface area contributed by atoms with Gasteiger partial charge < -0.3 is 15.2 Å². The van der Waals surface area contributed by atoms with Crippen molar-refractivity contribution < 1.29 is 14.6 Å². The van der Waals surface area contributed by atoms with Gasteiger partial charge in [0.15, 0.2) is 0 Å². The first kappa shape index (κ1) is 14.8. The SMILES string of the molecule is COc1ccc(C(=O)NC2(CO)CCCC(C)C2)cn1.